The van der Waals surface area contributed by atoms with E-state index in [1.54, 1.807) is 11.3 Å². The molecule has 1 amide bonds. The molecular formula is C25H27N7OS. The summed E-state index contributed by atoms with van der Waals surface area (Å²) in [6.45, 7) is 5.78. The Morgan fingerprint density at radius 2 is 1.59 bits per heavy atom. The van der Waals surface area contributed by atoms with Gasteiger partial charge in [-0.1, -0.05) is 13.8 Å². The number of benzene rings is 2. The maximum atomic E-state index is 12.7. The molecule has 2 aromatic heterocycles. The molecule has 3 heterocycles. The number of likely N-dealkylation sites (tertiary alicyclic amines) is 1. The van der Waals surface area contributed by atoms with Gasteiger partial charge in [0.25, 0.3) is 5.91 Å². The summed E-state index contributed by atoms with van der Waals surface area (Å²) in [5, 5.41) is 6.56. The molecule has 0 saturated carbocycles. The molecule has 0 atom stereocenters. The highest BCUT2D eigenvalue weighted by atomic mass is 32.1. The summed E-state index contributed by atoms with van der Waals surface area (Å²) in [7, 11) is 0. The molecule has 2 aromatic carbocycles. The number of hydrogen-bond donors (Lipinski definition) is 2. The highest BCUT2D eigenvalue weighted by Gasteiger charge is 2.18. The van der Waals surface area contributed by atoms with Crippen molar-refractivity contribution < 1.29 is 4.79 Å². The number of amides is 1. The lowest BCUT2D eigenvalue weighted by Crippen LogP contribution is -2.35. The van der Waals surface area contributed by atoms with E-state index in [-0.39, 0.29) is 11.8 Å². The van der Waals surface area contributed by atoms with Crippen LogP contribution in [-0.2, 0) is 0 Å². The van der Waals surface area contributed by atoms with Crippen molar-refractivity contribution in [3.63, 3.8) is 0 Å². The number of nitrogens with one attached hydrogen (secondary N) is 2. The Labute approximate surface area is 202 Å². The molecule has 0 spiro atoms. The first-order valence-corrected chi connectivity index (χ1v) is 12.5. The van der Waals surface area contributed by atoms with Crippen LogP contribution in [0.15, 0.2) is 48.0 Å². The molecule has 8 nitrogen and oxygen atoms in total. The highest BCUT2D eigenvalue weighted by Crippen LogP contribution is 2.25. The number of aromatic nitrogens is 4. The van der Waals surface area contributed by atoms with Gasteiger partial charge in [0.15, 0.2) is 0 Å². The average molecular weight is 474 g/mol. The standard InChI is InChI=1S/C25H27N7OS/c1-16(2)22-29-24(31-25(30-22)28-19-10-11-20-21(14-19)34-15-26-20)27-18-8-6-17(7-9-18)23(33)32-12-4-3-5-13-32/h6-11,14-16H,3-5,12-13H2,1-2H3,(H2,27,28,29,30,31). The second kappa shape index (κ2) is 9.72. The van der Waals surface area contributed by atoms with Crippen molar-refractivity contribution in [1.29, 1.82) is 0 Å². The van der Waals surface area contributed by atoms with Crippen molar-refractivity contribution in [3.8, 4) is 0 Å². The van der Waals surface area contributed by atoms with Crippen LogP contribution in [0.2, 0.25) is 0 Å². The van der Waals surface area contributed by atoms with Gasteiger partial charge in [-0.15, -0.1) is 11.3 Å². The Hall–Kier alpha value is -3.59. The third kappa shape index (κ3) is 4.99. The number of carbonyl (C=O) groups is 1. The van der Waals surface area contributed by atoms with Gasteiger partial charge < -0.3 is 15.5 Å². The monoisotopic (exact) mass is 473 g/mol. The summed E-state index contributed by atoms with van der Waals surface area (Å²) in [5.74, 6) is 1.85. The van der Waals surface area contributed by atoms with Crippen molar-refractivity contribution in [2.24, 2.45) is 0 Å². The minimum atomic E-state index is 0.0953. The molecule has 1 aliphatic heterocycles. The van der Waals surface area contributed by atoms with Crippen molar-refractivity contribution in [3.05, 3.63) is 59.4 Å². The van der Waals surface area contributed by atoms with E-state index in [0.29, 0.717) is 23.3 Å². The van der Waals surface area contributed by atoms with Gasteiger partial charge in [0.1, 0.15) is 5.82 Å². The summed E-state index contributed by atoms with van der Waals surface area (Å²) in [6, 6.07) is 13.5. The summed E-state index contributed by atoms with van der Waals surface area (Å²) in [5.41, 5.74) is 5.21. The predicted octanol–water partition coefficient (Wildman–Crippen LogP) is 5.72. The summed E-state index contributed by atoms with van der Waals surface area (Å²) in [4.78, 5) is 32.7. The third-order valence-corrected chi connectivity index (χ3v) is 6.58. The van der Waals surface area contributed by atoms with Crippen molar-refractivity contribution in [1.82, 2.24) is 24.8 Å². The van der Waals surface area contributed by atoms with Gasteiger partial charge in [-0.3, -0.25) is 4.79 Å². The van der Waals surface area contributed by atoms with E-state index < -0.39 is 0 Å². The Kier molecular flexibility index (Phi) is 6.35. The first kappa shape index (κ1) is 22.2. The topological polar surface area (TPSA) is 95.9 Å². The van der Waals surface area contributed by atoms with Crippen LogP contribution in [0.5, 0.6) is 0 Å². The molecule has 0 bridgehead atoms. The predicted molar refractivity (Wildman–Crippen MR) is 136 cm³/mol. The van der Waals surface area contributed by atoms with Crippen LogP contribution in [0.25, 0.3) is 10.2 Å². The number of piperidine rings is 1. The number of thiazole rings is 1. The van der Waals surface area contributed by atoms with Gasteiger partial charge in [-0.2, -0.15) is 15.0 Å². The fourth-order valence-corrected chi connectivity index (χ4v) is 4.65. The van der Waals surface area contributed by atoms with Gasteiger partial charge in [0.2, 0.25) is 11.9 Å². The molecule has 0 radical (unpaired) electrons. The SMILES string of the molecule is CC(C)c1nc(Nc2ccc(C(=O)N3CCCCC3)cc2)nc(Nc2ccc3ncsc3c2)n1. The number of carbonyl (C=O) groups excluding carboxylic acids is 1. The second-order valence-corrected chi connectivity index (χ2v) is 9.60. The van der Waals surface area contributed by atoms with Gasteiger partial charge in [-0.05, 0) is 61.7 Å². The number of anilines is 4. The van der Waals surface area contributed by atoms with E-state index in [0.717, 1.165) is 47.5 Å². The Morgan fingerprint density at radius 3 is 2.29 bits per heavy atom. The number of hydrogen-bond acceptors (Lipinski definition) is 8. The van der Waals surface area contributed by atoms with Crippen LogP contribution < -0.4 is 10.6 Å². The van der Waals surface area contributed by atoms with Crippen molar-refractivity contribution in [2.45, 2.75) is 39.0 Å². The zero-order valence-electron chi connectivity index (χ0n) is 19.3. The largest absolute Gasteiger partial charge is 0.339 e. The molecule has 4 aromatic rings. The molecule has 1 saturated heterocycles. The smallest absolute Gasteiger partial charge is 0.253 e. The first-order valence-electron chi connectivity index (χ1n) is 11.6. The van der Waals surface area contributed by atoms with E-state index in [9.17, 15) is 4.79 Å². The lowest BCUT2D eigenvalue weighted by atomic mass is 10.1. The molecule has 34 heavy (non-hydrogen) atoms. The summed E-state index contributed by atoms with van der Waals surface area (Å²) < 4.78 is 1.10. The van der Waals surface area contributed by atoms with Gasteiger partial charge in [-0.25, -0.2) is 4.98 Å². The van der Waals surface area contributed by atoms with E-state index in [1.165, 1.54) is 6.42 Å². The normalized spacial score (nSPS) is 13.9. The van der Waals surface area contributed by atoms with E-state index in [4.69, 9.17) is 0 Å². The Morgan fingerprint density at radius 1 is 0.912 bits per heavy atom. The van der Waals surface area contributed by atoms with Crippen molar-refractivity contribution in [2.75, 3.05) is 23.7 Å². The number of rotatable bonds is 6. The van der Waals surface area contributed by atoms with E-state index in [2.05, 4.69) is 30.6 Å². The van der Waals surface area contributed by atoms with Crippen LogP contribution in [0.4, 0.5) is 23.3 Å². The minimum Gasteiger partial charge on any atom is -0.339 e. The summed E-state index contributed by atoms with van der Waals surface area (Å²) in [6.07, 6.45) is 3.36. The fourth-order valence-electron chi connectivity index (χ4n) is 3.93. The first-order chi connectivity index (χ1) is 16.5. The number of fused-ring (bicyclic) bond motifs is 1. The van der Waals surface area contributed by atoms with E-state index in [1.807, 2.05) is 66.7 Å². The Bertz CT molecular complexity index is 1300. The van der Waals surface area contributed by atoms with Gasteiger partial charge in [0.05, 0.1) is 15.7 Å². The zero-order chi connectivity index (χ0) is 23.5. The maximum absolute atomic E-state index is 12.7. The van der Waals surface area contributed by atoms with Crippen molar-refractivity contribution >= 4 is 50.7 Å². The molecule has 0 unspecified atom stereocenters. The minimum absolute atomic E-state index is 0.0953. The number of nitrogens with zero attached hydrogens (tertiary/aromatic N) is 5. The molecular weight excluding hydrogens is 446 g/mol. The maximum Gasteiger partial charge on any atom is 0.253 e. The highest BCUT2D eigenvalue weighted by molar-refractivity contribution is 7.16. The average Bonchev–Trinajstić information content (AvgIpc) is 3.32. The van der Waals surface area contributed by atoms with Crippen LogP contribution in [0.1, 0.15) is 55.2 Å². The molecule has 5 rings (SSSR count). The van der Waals surface area contributed by atoms with Gasteiger partial charge in [0, 0.05) is 35.9 Å². The zero-order valence-corrected chi connectivity index (χ0v) is 20.1. The molecule has 174 valence electrons. The quantitative estimate of drug-likeness (QED) is 0.370. The second-order valence-electron chi connectivity index (χ2n) is 8.71. The molecule has 0 aliphatic carbocycles. The molecule has 9 heteroatoms. The van der Waals surface area contributed by atoms with E-state index >= 15 is 0 Å². The van der Waals surface area contributed by atoms with Gasteiger partial charge >= 0.3 is 0 Å². The molecule has 1 aliphatic rings. The van der Waals surface area contributed by atoms with Crippen LogP contribution in [0, 0.1) is 0 Å². The fraction of sp³-hybridized carbons (Fsp3) is 0.320. The lowest BCUT2D eigenvalue weighted by molar-refractivity contribution is 0.0724. The summed E-state index contributed by atoms with van der Waals surface area (Å²) >= 11 is 1.59. The molecule has 1 fully saturated rings. The van der Waals surface area contributed by atoms with Crippen LogP contribution >= 0.6 is 11.3 Å². The third-order valence-electron chi connectivity index (χ3n) is 5.79. The van der Waals surface area contributed by atoms with Crippen LogP contribution in [-0.4, -0.2) is 43.8 Å². The Balaban J connectivity index is 1.34. The lowest BCUT2D eigenvalue weighted by Gasteiger charge is -2.26. The molecule has 2 N–H and O–H groups in total. The van der Waals surface area contributed by atoms with Crippen LogP contribution in [0.3, 0.4) is 0 Å².